The summed E-state index contributed by atoms with van der Waals surface area (Å²) >= 11 is 0. The van der Waals surface area contributed by atoms with E-state index in [1.807, 2.05) is 6.07 Å². The van der Waals surface area contributed by atoms with Crippen molar-refractivity contribution in [3.8, 4) is 0 Å². The van der Waals surface area contributed by atoms with Crippen LogP contribution in [0.15, 0.2) is 30.3 Å². The van der Waals surface area contributed by atoms with Crippen LogP contribution in [0.3, 0.4) is 0 Å². The standard InChI is InChI=1S/C19H31N3O/c1-19(2,15-22(4)13-16-9-6-5-7-10-16)20-18(23)17-11-8-12-21(3)14-17/h5-7,9-10,17H,8,11-15H2,1-4H3,(H,20,23)/t17-/m0/s1. The lowest BCUT2D eigenvalue weighted by Crippen LogP contribution is -2.53. The van der Waals surface area contributed by atoms with Gasteiger partial charge in [-0.1, -0.05) is 30.3 Å². The zero-order valence-corrected chi connectivity index (χ0v) is 15.0. The summed E-state index contributed by atoms with van der Waals surface area (Å²) in [6, 6.07) is 10.4. The first-order chi connectivity index (χ1) is 10.9. The SMILES string of the molecule is CN1CCC[C@H](C(=O)NC(C)(C)CN(C)Cc2ccccc2)C1. The summed E-state index contributed by atoms with van der Waals surface area (Å²) < 4.78 is 0. The molecule has 0 bridgehead atoms. The van der Waals surface area contributed by atoms with Gasteiger partial charge in [-0.2, -0.15) is 0 Å². The lowest BCUT2D eigenvalue weighted by molar-refractivity contribution is -0.128. The van der Waals surface area contributed by atoms with Gasteiger partial charge in [0, 0.05) is 25.2 Å². The summed E-state index contributed by atoms with van der Waals surface area (Å²) in [5.41, 5.74) is 1.07. The molecule has 4 nitrogen and oxygen atoms in total. The third kappa shape index (κ3) is 5.96. The molecule has 0 radical (unpaired) electrons. The number of hydrogen-bond acceptors (Lipinski definition) is 3. The van der Waals surface area contributed by atoms with Gasteiger partial charge < -0.3 is 10.2 Å². The fraction of sp³-hybridized carbons (Fsp3) is 0.632. The lowest BCUT2D eigenvalue weighted by atomic mass is 9.95. The van der Waals surface area contributed by atoms with Crippen LogP contribution >= 0.6 is 0 Å². The van der Waals surface area contributed by atoms with Crippen LogP contribution in [0.25, 0.3) is 0 Å². The highest BCUT2D eigenvalue weighted by molar-refractivity contribution is 5.79. The van der Waals surface area contributed by atoms with E-state index in [-0.39, 0.29) is 17.4 Å². The van der Waals surface area contributed by atoms with Gasteiger partial charge in [0.2, 0.25) is 5.91 Å². The van der Waals surface area contributed by atoms with Crippen LogP contribution < -0.4 is 5.32 Å². The summed E-state index contributed by atoms with van der Waals surface area (Å²) in [5, 5.41) is 3.26. The fourth-order valence-corrected chi connectivity index (χ4v) is 3.48. The molecular formula is C19H31N3O. The molecule has 128 valence electrons. The van der Waals surface area contributed by atoms with Crippen molar-refractivity contribution in [2.45, 2.75) is 38.8 Å². The number of piperidine rings is 1. The monoisotopic (exact) mass is 317 g/mol. The van der Waals surface area contributed by atoms with Crippen molar-refractivity contribution >= 4 is 5.91 Å². The van der Waals surface area contributed by atoms with Gasteiger partial charge in [0.25, 0.3) is 0 Å². The molecule has 1 aromatic rings. The van der Waals surface area contributed by atoms with Crippen LogP contribution in [0.4, 0.5) is 0 Å². The molecule has 0 spiro atoms. The fourth-order valence-electron chi connectivity index (χ4n) is 3.48. The number of carbonyl (C=O) groups is 1. The molecule has 0 aliphatic carbocycles. The van der Waals surface area contributed by atoms with Gasteiger partial charge >= 0.3 is 0 Å². The minimum absolute atomic E-state index is 0.132. The van der Waals surface area contributed by atoms with E-state index >= 15 is 0 Å². The number of amides is 1. The number of likely N-dealkylation sites (tertiary alicyclic amines) is 1. The summed E-state index contributed by atoms with van der Waals surface area (Å²) in [6.45, 7) is 7.93. The summed E-state index contributed by atoms with van der Waals surface area (Å²) in [6.07, 6.45) is 2.12. The highest BCUT2D eigenvalue weighted by atomic mass is 16.2. The van der Waals surface area contributed by atoms with E-state index < -0.39 is 0 Å². The van der Waals surface area contributed by atoms with Crippen LogP contribution in [0, 0.1) is 5.92 Å². The molecule has 0 saturated carbocycles. The van der Waals surface area contributed by atoms with Gasteiger partial charge in [0.05, 0.1) is 5.92 Å². The molecule has 1 aliphatic heterocycles. The van der Waals surface area contributed by atoms with Gasteiger partial charge in [0.15, 0.2) is 0 Å². The maximum absolute atomic E-state index is 12.5. The summed E-state index contributed by atoms with van der Waals surface area (Å²) in [4.78, 5) is 17.1. The smallest absolute Gasteiger partial charge is 0.224 e. The molecule has 1 heterocycles. The maximum Gasteiger partial charge on any atom is 0.224 e. The molecule has 1 N–H and O–H groups in total. The van der Waals surface area contributed by atoms with Crippen molar-refractivity contribution in [3.05, 3.63) is 35.9 Å². The van der Waals surface area contributed by atoms with Crippen LogP contribution in [-0.2, 0) is 11.3 Å². The molecule has 1 atom stereocenters. The molecule has 1 aliphatic rings. The Balaban J connectivity index is 1.84. The third-order valence-electron chi connectivity index (χ3n) is 4.42. The van der Waals surface area contributed by atoms with E-state index in [2.05, 4.69) is 67.3 Å². The molecule has 0 unspecified atom stereocenters. The Bertz CT molecular complexity index is 501. The van der Waals surface area contributed by atoms with E-state index in [4.69, 9.17) is 0 Å². The van der Waals surface area contributed by atoms with Crippen molar-refractivity contribution < 1.29 is 4.79 Å². The van der Waals surface area contributed by atoms with Gasteiger partial charge in [-0.25, -0.2) is 0 Å². The molecule has 1 amide bonds. The van der Waals surface area contributed by atoms with Crippen LogP contribution in [-0.4, -0.2) is 55.0 Å². The van der Waals surface area contributed by atoms with Crippen molar-refractivity contribution in [2.75, 3.05) is 33.7 Å². The van der Waals surface area contributed by atoms with Crippen LogP contribution in [0.1, 0.15) is 32.3 Å². The molecule has 23 heavy (non-hydrogen) atoms. The number of nitrogens with zero attached hydrogens (tertiary/aromatic N) is 2. The summed E-state index contributed by atoms with van der Waals surface area (Å²) in [5.74, 6) is 0.335. The predicted molar refractivity (Wildman–Crippen MR) is 95.2 cm³/mol. The molecule has 0 aromatic heterocycles. The zero-order valence-electron chi connectivity index (χ0n) is 15.0. The Morgan fingerprint density at radius 3 is 2.70 bits per heavy atom. The van der Waals surface area contributed by atoms with Crippen LogP contribution in [0.5, 0.6) is 0 Å². The van der Waals surface area contributed by atoms with E-state index in [0.717, 1.165) is 39.0 Å². The van der Waals surface area contributed by atoms with Gasteiger partial charge in [-0.05, 0) is 52.9 Å². The second-order valence-corrected chi connectivity index (χ2v) is 7.63. The van der Waals surface area contributed by atoms with Crippen LogP contribution in [0.2, 0.25) is 0 Å². The maximum atomic E-state index is 12.5. The average molecular weight is 317 g/mol. The molecule has 1 saturated heterocycles. The summed E-state index contributed by atoms with van der Waals surface area (Å²) in [7, 11) is 4.20. The van der Waals surface area contributed by atoms with E-state index in [1.165, 1.54) is 5.56 Å². The Labute approximate surface area is 140 Å². The van der Waals surface area contributed by atoms with Crippen molar-refractivity contribution in [2.24, 2.45) is 5.92 Å². The van der Waals surface area contributed by atoms with E-state index in [0.29, 0.717) is 0 Å². The predicted octanol–water partition coefficient (Wildman–Crippen LogP) is 2.35. The Kier molecular flexibility index (Phi) is 6.19. The third-order valence-corrected chi connectivity index (χ3v) is 4.42. The highest BCUT2D eigenvalue weighted by Gasteiger charge is 2.29. The first-order valence-electron chi connectivity index (χ1n) is 8.59. The normalized spacial score (nSPS) is 19.8. The topological polar surface area (TPSA) is 35.6 Å². The lowest BCUT2D eigenvalue weighted by Gasteiger charge is -2.35. The van der Waals surface area contributed by atoms with Crippen molar-refractivity contribution in [3.63, 3.8) is 0 Å². The number of likely N-dealkylation sites (N-methyl/N-ethyl adjacent to an activating group) is 1. The average Bonchev–Trinajstić information content (AvgIpc) is 2.47. The number of carbonyl (C=O) groups excluding carboxylic acids is 1. The minimum Gasteiger partial charge on any atom is -0.350 e. The molecule has 1 fully saturated rings. The first-order valence-corrected chi connectivity index (χ1v) is 8.59. The Morgan fingerprint density at radius 2 is 2.04 bits per heavy atom. The minimum atomic E-state index is -0.226. The molecular weight excluding hydrogens is 286 g/mol. The zero-order chi connectivity index (χ0) is 16.9. The molecule has 4 heteroatoms. The Morgan fingerprint density at radius 1 is 1.35 bits per heavy atom. The molecule has 1 aromatic carbocycles. The number of hydrogen-bond donors (Lipinski definition) is 1. The Hall–Kier alpha value is -1.39. The van der Waals surface area contributed by atoms with Gasteiger partial charge in [-0.3, -0.25) is 9.69 Å². The van der Waals surface area contributed by atoms with Crippen molar-refractivity contribution in [1.82, 2.24) is 15.1 Å². The molecule has 2 rings (SSSR count). The highest BCUT2D eigenvalue weighted by Crippen LogP contribution is 2.17. The quantitative estimate of drug-likeness (QED) is 0.875. The van der Waals surface area contributed by atoms with Gasteiger partial charge in [-0.15, -0.1) is 0 Å². The van der Waals surface area contributed by atoms with Gasteiger partial charge in [0.1, 0.15) is 0 Å². The second-order valence-electron chi connectivity index (χ2n) is 7.63. The van der Waals surface area contributed by atoms with E-state index in [9.17, 15) is 4.79 Å². The second kappa shape index (κ2) is 7.93. The first kappa shape index (κ1) is 18.0. The largest absolute Gasteiger partial charge is 0.350 e. The van der Waals surface area contributed by atoms with E-state index in [1.54, 1.807) is 0 Å². The number of rotatable bonds is 6. The number of benzene rings is 1. The van der Waals surface area contributed by atoms with Crippen molar-refractivity contribution in [1.29, 1.82) is 0 Å². The number of nitrogens with one attached hydrogen (secondary N) is 1.